The van der Waals surface area contributed by atoms with Gasteiger partial charge in [-0.15, -0.1) is 0 Å². The molecule has 1 N–H and O–H groups in total. The highest BCUT2D eigenvalue weighted by atomic mass is 19.1. The number of piperidine rings is 1. The Balaban J connectivity index is 1.33. The Kier molecular flexibility index (Phi) is 6.49. The van der Waals surface area contributed by atoms with Crippen molar-refractivity contribution in [1.29, 1.82) is 0 Å². The molecule has 0 spiro atoms. The number of nitrogens with one attached hydrogen (secondary N) is 1. The number of halogens is 2. The van der Waals surface area contributed by atoms with Crippen molar-refractivity contribution < 1.29 is 23.1 Å². The summed E-state index contributed by atoms with van der Waals surface area (Å²) in [7, 11) is 0. The van der Waals surface area contributed by atoms with E-state index in [2.05, 4.69) is 5.32 Å². The van der Waals surface area contributed by atoms with Crippen LogP contribution < -0.4 is 10.1 Å². The molecule has 2 aliphatic rings. The number of nitrogens with zero attached hydrogens (tertiary/aromatic N) is 1. The van der Waals surface area contributed by atoms with Crippen LogP contribution in [-0.4, -0.2) is 36.4 Å². The van der Waals surface area contributed by atoms with Gasteiger partial charge >= 0.3 is 0 Å². The summed E-state index contributed by atoms with van der Waals surface area (Å²) in [5.74, 6) is -1.87. The summed E-state index contributed by atoms with van der Waals surface area (Å²) in [6, 6.07) is 19.1. The first-order chi connectivity index (χ1) is 17.0. The fourth-order valence-electron chi connectivity index (χ4n) is 5.04. The number of anilines is 1. The number of carbonyl (C=O) groups is 2. The molecule has 0 aromatic heterocycles. The van der Waals surface area contributed by atoms with Crippen molar-refractivity contribution in [2.45, 2.75) is 19.3 Å². The third kappa shape index (κ3) is 4.90. The van der Waals surface area contributed by atoms with Crippen LogP contribution >= 0.6 is 0 Å². The van der Waals surface area contributed by atoms with Crippen LogP contribution in [0.5, 0.6) is 5.75 Å². The molecule has 2 amide bonds. The normalized spacial score (nSPS) is 20.2. The molecule has 7 heteroatoms. The molecule has 2 atom stereocenters. The van der Waals surface area contributed by atoms with E-state index in [-0.39, 0.29) is 17.7 Å². The summed E-state index contributed by atoms with van der Waals surface area (Å²) < 4.78 is 34.4. The highest BCUT2D eigenvalue weighted by Gasteiger charge is 2.35. The number of carbonyl (C=O) groups excluding carboxylic acids is 2. The van der Waals surface area contributed by atoms with Gasteiger partial charge in [0.1, 0.15) is 22.9 Å². The van der Waals surface area contributed by atoms with Crippen molar-refractivity contribution in [2.75, 3.05) is 25.0 Å². The Morgan fingerprint density at radius 1 is 0.914 bits per heavy atom. The second-order valence-electron chi connectivity index (χ2n) is 9.12. The van der Waals surface area contributed by atoms with E-state index in [1.165, 1.54) is 11.0 Å². The Labute approximate surface area is 202 Å². The van der Waals surface area contributed by atoms with Crippen LogP contribution in [0.3, 0.4) is 0 Å². The van der Waals surface area contributed by atoms with E-state index in [1.807, 2.05) is 48.5 Å². The molecule has 1 saturated heterocycles. The molecular weight excluding hydrogens is 450 g/mol. The lowest BCUT2D eigenvalue weighted by Gasteiger charge is -2.39. The van der Waals surface area contributed by atoms with Crippen LogP contribution in [-0.2, 0) is 4.79 Å². The van der Waals surface area contributed by atoms with E-state index in [0.29, 0.717) is 50.4 Å². The van der Waals surface area contributed by atoms with Gasteiger partial charge in [0.15, 0.2) is 0 Å². The van der Waals surface area contributed by atoms with Crippen molar-refractivity contribution in [3.63, 3.8) is 0 Å². The van der Waals surface area contributed by atoms with Gasteiger partial charge < -0.3 is 15.0 Å². The van der Waals surface area contributed by atoms with Gasteiger partial charge in [0, 0.05) is 19.5 Å². The minimum absolute atomic E-state index is 0.0153. The monoisotopic (exact) mass is 476 g/mol. The first kappa shape index (κ1) is 23.0. The van der Waals surface area contributed by atoms with Crippen LogP contribution in [0.4, 0.5) is 14.5 Å². The molecule has 5 nitrogen and oxygen atoms in total. The molecule has 0 saturated carbocycles. The van der Waals surface area contributed by atoms with E-state index in [9.17, 15) is 18.4 Å². The van der Waals surface area contributed by atoms with Crippen molar-refractivity contribution in [3.8, 4) is 16.9 Å². The van der Waals surface area contributed by atoms with Gasteiger partial charge in [0.05, 0.1) is 12.3 Å². The van der Waals surface area contributed by atoms with E-state index in [0.717, 1.165) is 23.3 Å². The number of ether oxygens (including phenoxy) is 1. The third-order valence-corrected chi connectivity index (χ3v) is 6.91. The molecular formula is C28H26F2N2O3. The molecule has 2 aliphatic heterocycles. The van der Waals surface area contributed by atoms with Gasteiger partial charge in [-0.2, -0.15) is 0 Å². The van der Waals surface area contributed by atoms with E-state index in [4.69, 9.17) is 4.74 Å². The van der Waals surface area contributed by atoms with Gasteiger partial charge in [-0.3, -0.25) is 9.59 Å². The fourth-order valence-corrected chi connectivity index (χ4v) is 5.04. The average Bonchev–Trinajstić information content (AvgIpc) is 2.86. The zero-order valence-electron chi connectivity index (χ0n) is 19.2. The second kappa shape index (κ2) is 9.86. The van der Waals surface area contributed by atoms with Gasteiger partial charge in [-0.25, -0.2) is 8.78 Å². The smallest absolute Gasteiger partial charge is 0.259 e. The Morgan fingerprint density at radius 3 is 2.46 bits per heavy atom. The Hall–Kier alpha value is -3.74. The highest BCUT2D eigenvalue weighted by Crippen LogP contribution is 2.35. The molecule has 5 rings (SSSR count). The molecule has 0 radical (unpaired) electrons. The standard InChI is InChI=1S/C28H26F2N2O3/c29-22-7-4-8-23(30)27(22)28(34)32-13-11-20-16-26(33)31-24-15-19(18-5-2-1-3-6-18)9-10-25(24)35-14-12-21(20)17-32/h1-10,15,20-21H,11-14,16-17H2,(H,31,33)/t20-,21-/m0/s1. The lowest BCUT2D eigenvalue weighted by molar-refractivity contribution is -0.118. The Bertz CT molecular complexity index is 1230. The number of fused-ring (bicyclic) bond motifs is 2. The number of hydrogen-bond donors (Lipinski definition) is 1. The van der Waals surface area contributed by atoms with E-state index in [1.54, 1.807) is 0 Å². The number of hydrogen-bond acceptors (Lipinski definition) is 3. The first-order valence-electron chi connectivity index (χ1n) is 11.8. The average molecular weight is 477 g/mol. The van der Waals surface area contributed by atoms with Crippen LogP contribution in [0, 0.1) is 23.5 Å². The van der Waals surface area contributed by atoms with Crippen LogP contribution in [0.2, 0.25) is 0 Å². The predicted octanol–water partition coefficient (Wildman–Crippen LogP) is 5.52. The molecule has 180 valence electrons. The summed E-state index contributed by atoms with van der Waals surface area (Å²) in [4.78, 5) is 27.3. The quantitative estimate of drug-likeness (QED) is 0.530. The summed E-state index contributed by atoms with van der Waals surface area (Å²) in [6.45, 7) is 1.08. The number of benzene rings is 3. The maximum Gasteiger partial charge on any atom is 0.259 e. The summed E-state index contributed by atoms with van der Waals surface area (Å²) in [5, 5.41) is 3.00. The molecule has 2 heterocycles. The third-order valence-electron chi connectivity index (χ3n) is 6.91. The topological polar surface area (TPSA) is 58.6 Å². The number of rotatable bonds is 2. The lowest BCUT2D eigenvalue weighted by Crippen LogP contribution is -2.45. The highest BCUT2D eigenvalue weighted by molar-refractivity contribution is 5.95. The molecule has 35 heavy (non-hydrogen) atoms. The SMILES string of the molecule is O=C1C[C@@H]2CCN(C(=O)c3c(F)cccc3F)C[C@@H]2CCOc2ccc(-c3ccccc3)cc2N1. The largest absolute Gasteiger partial charge is 0.491 e. The zero-order chi connectivity index (χ0) is 24.4. The van der Waals surface area contributed by atoms with Gasteiger partial charge in [-0.1, -0.05) is 42.5 Å². The number of amides is 2. The first-order valence-corrected chi connectivity index (χ1v) is 11.8. The molecule has 0 bridgehead atoms. The van der Waals surface area contributed by atoms with Crippen molar-refractivity contribution in [1.82, 2.24) is 4.90 Å². The van der Waals surface area contributed by atoms with E-state index >= 15 is 0 Å². The second-order valence-corrected chi connectivity index (χ2v) is 9.12. The van der Waals surface area contributed by atoms with Crippen LogP contribution in [0.25, 0.3) is 11.1 Å². The van der Waals surface area contributed by atoms with Crippen molar-refractivity contribution in [3.05, 3.63) is 83.9 Å². The van der Waals surface area contributed by atoms with Gasteiger partial charge in [0.2, 0.25) is 5.91 Å². The minimum Gasteiger partial charge on any atom is -0.491 e. The van der Waals surface area contributed by atoms with Crippen molar-refractivity contribution in [2.24, 2.45) is 11.8 Å². The predicted molar refractivity (Wildman–Crippen MR) is 129 cm³/mol. The van der Waals surface area contributed by atoms with E-state index < -0.39 is 23.1 Å². The maximum absolute atomic E-state index is 14.2. The van der Waals surface area contributed by atoms with Crippen LogP contribution in [0.15, 0.2) is 66.7 Å². The fraction of sp³-hybridized carbons (Fsp3) is 0.286. The van der Waals surface area contributed by atoms with Gasteiger partial charge in [0.25, 0.3) is 5.91 Å². The summed E-state index contributed by atoms with van der Waals surface area (Å²) in [6.07, 6.45) is 1.52. The number of likely N-dealkylation sites (tertiary alicyclic amines) is 1. The summed E-state index contributed by atoms with van der Waals surface area (Å²) >= 11 is 0. The lowest BCUT2D eigenvalue weighted by atomic mass is 9.80. The molecule has 0 aliphatic carbocycles. The molecule has 3 aromatic rings. The van der Waals surface area contributed by atoms with Crippen molar-refractivity contribution >= 4 is 17.5 Å². The molecule has 1 fully saturated rings. The summed E-state index contributed by atoms with van der Waals surface area (Å²) in [5.41, 5.74) is 2.14. The maximum atomic E-state index is 14.2. The molecule has 0 unspecified atom stereocenters. The zero-order valence-corrected chi connectivity index (χ0v) is 19.2. The minimum atomic E-state index is -0.864. The van der Waals surface area contributed by atoms with Gasteiger partial charge in [-0.05, 0) is 60.1 Å². The van der Waals surface area contributed by atoms with Crippen LogP contribution in [0.1, 0.15) is 29.6 Å². The molecule has 3 aromatic carbocycles. The Morgan fingerprint density at radius 2 is 1.69 bits per heavy atom.